The van der Waals surface area contributed by atoms with Crippen molar-refractivity contribution in [2.75, 3.05) is 27.2 Å². The number of likely N-dealkylation sites (tertiary alicyclic amines) is 1. The zero-order valence-electron chi connectivity index (χ0n) is 17.6. The van der Waals surface area contributed by atoms with Crippen LogP contribution >= 0.6 is 0 Å². The van der Waals surface area contributed by atoms with Crippen molar-refractivity contribution in [3.8, 4) is 0 Å². The van der Waals surface area contributed by atoms with Crippen LogP contribution in [0.3, 0.4) is 0 Å². The first kappa shape index (κ1) is 19.1. The molecular formula is C25H32N2O2. The molecule has 4 unspecified atom stereocenters. The third kappa shape index (κ3) is 3.27. The maximum absolute atomic E-state index is 13.7. The summed E-state index contributed by atoms with van der Waals surface area (Å²) in [5.41, 5.74) is 2.54. The van der Waals surface area contributed by atoms with Gasteiger partial charge in [-0.15, -0.1) is 0 Å². The number of carbonyl (C=O) groups excluding carboxylic acids is 1. The Labute approximate surface area is 173 Å². The van der Waals surface area contributed by atoms with Gasteiger partial charge in [0.05, 0.1) is 12.0 Å². The first-order valence-electron chi connectivity index (χ1n) is 11.2. The van der Waals surface area contributed by atoms with Crippen LogP contribution in [0.1, 0.15) is 49.1 Å². The number of hydrogen-bond acceptors (Lipinski definition) is 3. The summed E-state index contributed by atoms with van der Waals surface area (Å²) in [4.78, 5) is 18.5. The summed E-state index contributed by atoms with van der Waals surface area (Å²) in [7, 11) is 3.88. The highest BCUT2D eigenvalue weighted by atomic mass is 16.5. The second-order valence-electron chi connectivity index (χ2n) is 9.12. The van der Waals surface area contributed by atoms with Crippen molar-refractivity contribution in [3.63, 3.8) is 0 Å². The Morgan fingerprint density at radius 3 is 2.62 bits per heavy atom. The fourth-order valence-electron chi connectivity index (χ4n) is 6.09. The minimum atomic E-state index is -0.0412. The molecule has 1 saturated heterocycles. The largest absolute Gasteiger partial charge is 0.381 e. The summed E-state index contributed by atoms with van der Waals surface area (Å²) in [6.45, 7) is 2.32. The summed E-state index contributed by atoms with van der Waals surface area (Å²) in [6, 6.07) is 13.6. The molecule has 4 heteroatoms. The van der Waals surface area contributed by atoms with Crippen molar-refractivity contribution in [3.05, 3.63) is 47.5 Å². The highest BCUT2D eigenvalue weighted by Crippen LogP contribution is 2.40. The molecule has 3 aliphatic rings. The van der Waals surface area contributed by atoms with Crippen LogP contribution in [0.2, 0.25) is 0 Å². The number of carbonyl (C=O) groups is 1. The van der Waals surface area contributed by atoms with E-state index in [1.807, 2.05) is 14.2 Å². The quantitative estimate of drug-likeness (QED) is 0.789. The zero-order valence-corrected chi connectivity index (χ0v) is 17.6. The second kappa shape index (κ2) is 7.73. The van der Waals surface area contributed by atoms with E-state index in [0.29, 0.717) is 18.1 Å². The minimum Gasteiger partial charge on any atom is -0.381 e. The van der Waals surface area contributed by atoms with Gasteiger partial charge in [-0.25, -0.2) is 0 Å². The van der Waals surface area contributed by atoms with E-state index < -0.39 is 0 Å². The number of nitrogens with zero attached hydrogens (tertiary/aromatic N) is 2. The molecule has 2 aromatic carbocycles. The van der Waals surface area contributed by atoms with Crippen LogP contribution in [0.5, 0.6) is 0 Å². The van der Waals surface area contributed by atoms with Crippen LogP contribution in [0, 0.1) is 0 Å². The van der Waals surface area contributed by atoms with E-state index in [9.17, 15) is 4.79 Å². The van der Waals surface area contributed by atoms with Gasteiger partial charge in [-0.3, -0.25) is 9.69 Å². The van der Waals surface area contributed by atoms with Gasteiger partial charge in [0.25, 0.3) is 0 Å². The molecule has 154 valence electrons. The van der Waals surface area contributed by atoms with Crippen molar-refractivity contribution in [2.45, 2.75) is 62.6 Å². The van der Waals surface area contributed by atoms with Crippen molar-refractivity contribution < 1.29 is 9.53 Å². The maximum Gasteiger partial charge on any atom is 0.230 e. The van der Waals surface area contributed by atoms with Gasteiger partial charge in [-0.2, -0.15) is 0 Å². The fourth-order valence-corrected chi connectivity index (χ4v) is 6.09. The molecule has 4 atom stereocenters. The average molecular weight is 393 g/mol. The maximum atomic E-state index is 13.7. The summed E-state index contributed by atoms with van der Waals surface area (Å²) >= 11 is 0. The first-order chi connectivity index (χ1) is 14.2. The van der Waals surface area contributed by atoms with Crippen LogP contribution in [-0.4, -0.2) is 61.1 Å². The smallest absolute Gasteiger partial charge is 0.230 e. The van der Waals surface area contributed by atoms with Gasteiger partial charge in [0.2, 0.25) is 5.91 Å². The van der Waals surface area contributed by atoms with E-state index >= 15 is 0 Å². The van der Waals surface area contributed by atoms with Gasteiger partial charge in [0.1, 0.15) is 0 Å². The van der Waals surface area contributed by atoms with Crippen molar-refractivity contribution in [2.24, 2.45) is 0 Å². The van der Waals surface area contributed by atoms with Gasteiger partial charge in [0, 0.05) is 26.2 Å². The molecule has 0 aromatic heterocycles. The molecule has 2 aromatic rings. The minimum absolute atomic E-state index is 0.0412. The molecule has 0 bridgehead atoms. The van der Waals surface area contributed by atoms with Crippen LogP contribution in [0.25, 0.3) is 10.8 Å². The van der Waals surface area contributed by atoms with Crippen molar-refractivity contribution >= 4 is 16.7 Å². The number of rotatable bonds is 4. The summed E-state index contributed by atoms with van der Waals surface area (Å²) in [5.74, 6) is 0.249. The normalized spacial score (nSPS) is 29.4. The molecule has 0 radical (unpaired) electrons. The number of likely N-dealkylation sites (N-methyl/N-ethyl adjacent to an activating group) is 1. The monoisotopic (exact) mass is 392 g/mol. The second-order valence-corrected chi connectivity index (χ2v) is 9.12. The summed E-state index contributed by atoms with van der Waals surface area (Å²) in [6.07, 6.45) is 6.83. The van der Waals surface area contributed by atoms with Crippen LogP contribution < -0.4 is 0 Å². The van der Waals surface area contributed by atoms with E-state index in [4.69, 9.17) is 4.74 Å². The lowest BCUT2D eigenvalue weighted by molar-refractivity contribution is -0.136. The highest BCUT2D eigenvalue weighted by molar-refractivity contribution is 5.98. The van der Waals surface area contributed by atoms with Crippen molar-refractivity contribution in [1.29, 1.82) is 0 Å². The molecule has 0 N–H and O–H groups in total. The first-order valence-corrected chi connectivity index (χ1v) is 11.2. The Morgan fingerprint density at radius 1 is 1.10 bits per heavy atom. The number of methoxy groups -OCH3 is 1. The van der Waals surface area contributed by atoms with E-state index in [1.54, 1.807) is 0 Å². The average Bonchev–Trinajstić information content (AvgIpc) is 3.42. The lowest BCUT2D eigenvalue weighted by Crippen LogP contribution is -2.56. The van der Waals surface area contributed by atoms with E-state index in [1.165, 1.54) is 34.7 Å². The molecule has 29 heavy (non-hydrogen) atoms. The number of hydrogen-bond donors (Lipinski definition) is 0. The zero-order chi connectivity index (χ0) is 20.0. The van der Waals surface area contributed by atoms with Gasteiger partial charge >= 0.3 is 0 Å². The predicted octanol–water partition coefficient (Wildman–Crippen LogP) is 3.97. The van der Waals surface area contributed by atoms with Gasteiger partial charge in [0.15, 0.2) is 0 Å². The molecule has 1 aliphatic heterocycles. The molecule has 1 heterocycles. The molecule has 5 rings (SSSR count). The van der Waals surface area contributed by atoms with E-state index in [-0.39, 0.29) is 12.0 Å². The van der Waals surface area contributed by atoms with Gasteiger partial charge in [-0.05, 0) is 73.5 Å². The van der Waals surface area contributed by atoms with Crippen LogP contribution in [0.15, 0.2) is 36.4 Å². The number of benzene rings is 2. The number of amides is 1. The van der Waals surface area contributed by atoms with E-state index in [0.717, 1.165) is 38.8 Å². The van der Waals surface area contributed by atoms with Crippen LogP contribution in [-0.2, 0) is 16.0 Å². The fraction of sp³-hybridized carbons (Fsp3) is 0.560. The Hall–Kier alpha value is -1.91. The Morgan fingerprint density at radius 2 is 1.86 bits per heavy atom. The molecule has 2 aliphatic carbocycles. The van der Waals surface area contributed by atoms with Gasteiger partial charge < -0.3 is 9.64 Å². The lowest BCUT2D eigenvalue weighted by Gasteiger charge is -2.45. The summed E-state index contributed by atoms with van der Waals surface area (Å²) in [5, 5.41) is 2.56. The Balaban J connectivity index is 1.40. The SMILES string of the molecule is COC1CCC(N(C)C(=O)C2Cc3cccc4cccc2c34)C(N2CCCC2)C1. The Bertz CT molecular complexity index is 900. The Kier molecular flexibility index (Phi) is 5.09. The molecule has 0 spiro atoms. The number of ether oxygens (including phenoxy) is 1. The third-order valence-electron chi connectivity index (χ3n) is 7.64. The highest BCUT2D eigenvalue weighted by Gasteiger charge is 2.41. The molecule has 4 nitrogen and oxygen atoms in total. The molecular weight excluding hydrogens is 360 g/mol. The standard InChI is InChI=1S/C25H32N2O2/c1-26(22-12-11-19(29-2)16-23(22)27-13-3-4-14-27)25(28)21-15-18-9-5-7-17-8-6-10-20(21)24(17)18/h5-10,19,21-23H,3-4,11-16H2,1-2H3. The topological polar surface area (TPSA) is 32.8 Å². The van der Waals surface area contributed by atoms with E-state index in [2.05, 4.69) is 46.2 Å². The predicted molar refractivity (Wildman–Crippen MR) is 116 cm³/mol. The van der Waals surface area contributed by atoms with Gasteiger partial charge in [-0.1, -0.05) is 36.4 Å². The molecule has 1 amide bonds. The lowest BCUT2D eigenvalue weighted by atomic mass is 9.85. The van der Waals surface area contributed by atoms with Crippen LogP contribution in [0.4, 0.5) is 0 Å². The van der Waals surface area contributed by atoms with Crippen molar-refractivity contribution in [1.82, 2.24) is 9.80 Å². The third-order valence-corrected chi connectivity index (χ3v) is 7.64. The molecule has 2 fully saturated rings. The summed E-state index contributed by atoms with van der Waals surface area (Å²) < 4.78 is 5.72. The molecule has 1 saturated carbocycles.